The first-order chi connectivity index (χ1) is 28.2. The molecule has 0 atom stereocenters. The Morgan fingerprint density at radius 3 is 1.48 bits per heavy atom. The van der Waals surface area contributed by atoms with Crippen molar-refractivity contribution >= 4 is 40.7 Å². The maximum absolute atomic E-state index is 14.7. The number of carbonyl (C=O) groups excluding carboxylic acids is 2. The molecule has 12 nitrogen and oxygen atoms in total. The van der Waals surface area contributed by atoms with Gasteiger partial charge in [-0.15, -0.1) is 0 Å². The number of piperazine rings is 2. The normalized spacial score (nSPS) is 14.7. The molecule has 2 aliphatic rings. The smallest absolute Gasteiger partial charge is 0.444 e. The summed E-state index contributed by atoms with van der Waals surface area (Å²) >= 11 is 3.26. The quantitative estimate of drug-likeness (QED) is 0.187. The molecule has 2 aromatic carbocycles. The minimum Gasteiger partial charge on any atom is -0.444 e. The van der Waals surface area contributed by atoms with Gasteiger partial charge in [-0.25, -0.2) is 18.4 Å². The van der Waals surface area contributed by atoms with Gasteiger partial charge in [-0.1, -0.05) is 41.6 Å². The molecule has 2 N–H and O–H groups in total. The van der Waals surface area contributed by atoms with E-state index < -0.39 is 18.3 Å². The van der Waals surface area contributed by atoms with Crippen molar-refractivity contribution in [2.45, 2.75) is 87.1 Å². The van der Waals surface area contributed by atoms with Crippen molar-refractivity contribution in [3.05, 3.63) is 112 Å². The van der Waals surface area contributed by atoms with Crippen LogP contribution in [0.1, 0.15) is 71.5 Å². The molecule has 6 rings (SSSR count). The van der Waals surface area contributed by atoms with Gasteiger partial charge >= 0.3 is 19.3 Å². The van der Waals surface area contributed by atoms with E-state index in [1.165, 1.54) is 6.07 Å². The maximum atomic E-state index is 14.7. The van der Waals surface area contributed by atoms with Gasteiger partial charge in [0.25, 0.3) is 0 Å². The molecule has 0 radical (unpaired) electrons. The third kappa shape index (κ3) is 17.4. The fraction of sp³-hybridized carbons (Fsp3) is 0.467. The molecular weight excluding hydrogens is 849 g/mol. The van der Waals surface area contributed by atoms with Gasteiger partial charge < -0.3 is 29.3 Å². The average molecular weight is 912 g/mol. The predicted molar refractivity (Wildman–Crippen MR) is 240 cm³/mol. The van der Waals surface area contributed by atoms with Gasteiger partial charge in [0, 0.05) is 105 Å². The fourth-order valence-electron chi connectivity index (χ4n) is 6.27. The number of carbonyl (C=O) groups is 2. The van der Waals surface area contributed by atoms with Gasteiger partial charge in [0.15, 0.2) is 0 Å². The van der Waals surface area contributed by atoms with Crippen LogP contribution in [0.2, 0.25) is 0 Å². The van der Waals surface area contributed by atoms with Crippen molar-refractivity contribution in [3.8, 4) is 11.1 Å². The Bertz CT molecular complexity index is 2030. The van der Waals surface area contributed by atoms with E-state index in [1.54, 1.807) is 53.4 Å². The molecule has 2 amide bonds. The Morgan fingerprint density at radius 1 is 0.656 bits per heavy atom. The summed E-state index contributed by atoms with van der Waals surface area (Å²) in [5.74, 6) is -0.412. The second-order valence-electron chi connectivity index (χ2n) is 16.8. The molecule has 16 heteroatoms. The van der Waals surface area contributed by atoms with Crippen LogP contribution in [0.4, 0.5) is 18.4 Å². The summed E-state index contributed by atoms with van der Waals surface area (Å²) in [7, 11) is -1.39. The van der Waals surface area contributed by atoms with Gasteiger partial charge in [-0.05, 0) is 114 Å². The molecule has 332 valence electrons. The number of nitrogens with zero attached hydrogens (tertiary/aromatic N) is 6. The summed E-state index contributed by atoms with van der Waals surface area (Å²) in [5.41, 5.74) is 4.35. The number of halogens is 3. The van der Waals surface area contributed by atoms with Crippen molar-refractivity contribution in [1.82, 2.24) is 29.6 Å². The van der Waals surface area contributed by atoms with Crippen molar-refractivity contribution in [1.29, 1.82) is 0 Å². The number of hydrogen-bond donors (Lipinski definition) is 2. The van der Waals surface area contributed by atoms with Gasteiger partial charge in [0.1, 0.15) is 22.8 Å². The minimum absolute atomic E-state index is 0. The summed E-state index contributed by atoms with van der Waals surface area (Å²) < 4.78 is 40.0. The highest BCUT2D eigenvalue weighted by molar-refractivity contribution is 9.10. The van der Waals surface area contributed by atoms with E-state index in [-0.39, 0.29) is 31.2 Å². The van der Waals surface area contributed by atoms with Crippen molar-refractivity contribution in [3.63, 3.8) is 0 Å². The van der Waals surface area contributed by atoms with Crippen molar-refractivity contribution < 1.29 is 37.9 Å². The SMILES string of the molecule is C.CC(C)(C)OC(=O)N1CCN(Cc2ccc(Br)cc2F)CC1.Cc1cc(-c2ccc(CN3CCN(C(=O)OC(C)(C)C)CC3)c(F)c2)ccn1.Cc1cc(B(O)O)ccn1. The van der Waals surface area contributed by atoms with Crippen LogP contribution in [0.15, 0.2) is 77.5 Å². The molecule has 2 aliphatic heterocycles. The first-order valence-corrected chi connectivity index (χ1v) is 20.8. The van der Waals surface area contributed by atoms with Crippen LogP contribution in [-0.4, -0.2) is 122 Å². The lowest BCUT2D eigenvalue weighted by molar-refractivity contribution is 0.0128. The standard InChI is InChI=1S/C22H28FN3O2.C16H22BrFN2O2.C6H8BNO2.CH4/c1-16-13-18(7-8-24-16)17-5-6-19(20(23)14-17)15-25-9-11-26(12-10-25)21(27)28-22(2,3)4;1-16(2,3)22-15(21)20-8-6-19(7-9-20)11-12-4-5-13(17)10-14(12)18;1-5-4-6(7(9)10)2-3-8-5;/h5-8,13-14H,9-12,15H2,1-4H3;4-5,10H,6-9,11H2,1-3H3;2-4,9-10H,1H3;1H4. The molecule has 0 aliphatic carbocycles. The highest BCUT2D eigenvalue weighted by Gasteiger charge is 2.27. The molecule has 0 saturated carbocycles. The topological polar surface area (TPSA) is 132 Å². The summed E-state index contributed by atoms with van der Waals surface area (Å²) in [6.45, 7) is 21.2. The zero-order chi connectivity index (χ0) is 44.2. The second-order valence-corrected chi connectivity index (χ2v) is 17.7. The summed E-state index contributed by atoms with van der Waals surface area (Å²) in [6, 6.07) is 17.5. The molecule has 0 unspecified atom stereocenters. The number of pyridine rings is 2. The molecule has 2 aromatic heterocycles. The molecule has 0 spiro atoms. The molecule has 2 saturated heterocycles. The number of ether oxygens (including phenoxy) is 2. The Labute approximate surface area is 369 Å². The first-order valence-electron chi connectivity index (χ1n) is 20.0. The highest BCUT2D eigenvalue weighted by Crippen LogP contribution is 2.24. The Balaban J connectivity index is 0.000000267. The van der Waals surface area contributed by atoms with Crippen molar-refractivity contribution in [2.75, 3.05) is 52.4 Å². The van der Waals surface area contributed by atoms with Crippen molar-refractivity contribution in [2.24, 2.45) is 0 Å². The van der Waals surface area contributed by atoms with Crippen LogP contribution >= 0.6 is 15.9 Å². The molecule has 4 aromatic rings. The summed E-state index contributed by atoms with van der Waals surface area (Å²) in [5, 5.41) is 17.4. The lowest BCUT2D eigenvalue weighted by Gasteiger charge is -2.35. The van der Waals surface area contributed by atoms with Gasteiger partial charge in [-0.2, -0.15) is 0 Å². The molecule has 2 fully saturated rings. The predicted octanol–water partition coefficient (Wildman–Crippen LogP) is 7.60. The largest absolute Gasteiger partial charge is 0.488 e. The molecular formula is C45H62BBrF2N6O6. The molecule has 61 heavy (non-hydrogen) atoms. The third-order valence-corrected chi connectivity index (χ3v) is 9.85. The highest BCUT2D eigenvalue weighted by atomic mass is 79.9. The van der Waals surface area contributed by atoms with Crippen LogP contribution in [-0.2, 0) is 22.6 Å². The molecule has 0 bridgehead atoms. The number of amides is 2. The van der Waals surface area contributed by atoms with E-state index in [0.29, 0.717) is 68.9 Å². The van der Waals surface area contributed by atoms with E-state index in [1.807, 2.05) is 78.8 Å². The fourth-order valence-corrected chi connectivity index (χ4v) is 6.60. The van der Waals surface area contributed by atoms with Crippen LogP contribution in [0.5, 0.6) is 0 Å². The van der Waals surface area contributed by atoms with E-state index >= 15 is 0 Å². The van der Waals surface area contributed by atoms with Gasteiger partial charge in [0.2, 0.25) is 0 Å². The van der Waals surface area contributed by atoms with Crippen LogP contribution in [0.25, 0.3) is 11.1 Å². The monoisotopic (exact) mass is 910 g/mol. The Kier molecular flexibility index (Phi) is 19.3. The number of hydrogen-bond acceptors (Lipinski definition) is 10. The van der Waals surface area contributed by atoms with E-state index in [4.69, 9.17) is 19.5 Å². The van der Waals surface area contributed by atoms with Gasteiger partial charge in [0.05, 0.1) is 0 Å². The maximum Gasteiger partial charge on any atom is 0.488 e. The number of aromatic nitrogens is 2. The van der Waals surface area contributed by atoms with E-state index in [9.17, 15) is 18.4 Å². The number of aryl methyl sites for hydroxylation is 2. The Morgan fingerprint density at radius 2 is 1.08 bits per heavy atom. The number of benzene rings is 2. The lowest BCUT2D eigenvalue weighted by atomic mass is 9.81. The summed E-state index contributed by atoms with van der Waals surface area (Å²) in [6.07, 6.45) is 2.72. The zero-order valence-corrected chi connectivity index (χ0v) is 37.5. The van der Waals surface area contributed by atoms with Crippen LogP contribution in [0.3, 0.4) is 0 Å². The second kappa shape index (κ2) is 23.1. The summed E-state index contributed by atoms with van der Waals surface area (Å²) in [4.78, 5) is 40.0. The first kappa shape index (κ1) is 50.9. The zero-order valence-electron chi connectivity index (χ0n) is 35.9. The average Bonchev–Trinajstić information content (AvgIpc) is 3.16. The third-order valence-electron chi connectivity index (χ3n) is 9.35. The number of rotatable bonds is 6. The lowest BCUT2D eigenvalue weighted by Crippen LogP contribution is -2.49. The molecule has 4 heterocycles. The minimum atomic E-state index is -1.39. The van der Waals surface area contributed by atoms with E-state index in [0.717, 1.165) is 40.1 Å². The van der Waals surface area contributed by atoms with Crippen LogP contribution < -0.4 is 5.46 Å². The van der Waals surface area contributed by atoms with Gasteiger partial charge in [-0.3, -0.25) is 19.8 Å². The van der Waals surface area contributed by atoms with E-state index in [2.05, 4.69) is 35.7 Å². The Hall–Kier alpha value is -4.48. The van der Waals surface area contributed by atoms with Crippen LogP contribution in [0, 0.1) is 25.5 Å².